The zero-order valence-corrected chi connectivity index (χ0v) is 18.3. The third-order valence-electron chi connectivity index (χ3n) is 5.15. The van der Waals surface area contributed by atoms with Crippen LogP contribution in [0.2, 0.25) is 0 Å². The van der Waals surface area contributed by atoms with Gasteiger partial charge in [0, 0.05) is 0 Å². The van der Waals surface area contributed by atoms with E-state index in [0.29, 0.717) is 0 Å². The minimum absolute atomic E-state index is 1.18. The standard InChI is InChI=1S/C29H36/c1-3-5-7-11-15-27-22-24-29(25-23-27)17-13-9-8-12-16-28-20-18-26(19-21-28)14-10-6-4-2/h12-13,16-25H,3-7,10-11,14-15H2,1-2H3/b16-12+,17-13+. The molecule has 0 fully saturated rings. The molecule has 0 heterocycles. The smallest absolute Gasteiger partial charge is 0.0109 e. The van der Waals surface area contributed by atoms with Gasteiger partial charge in [-0.05, 0) is 72.2 Å². The fraction of sp³-hybridized carbons (Fsp3) is 0.379. The van der Waals surface area contributed by atoms with Gasteiger partial charge >= 0.3 is 0 Å². The average Bonchev–Trinajstić information content (AvgIpc) is 2.76. The quantitative estimate of drug-likeness (QED) is 0.270. The number of hydrogen-bond acceptors (Lipinski definition) is 0. The third-order valence-corrected chi connectivity index (χ3v) is 5.15. The molecular formula is C29H36. The van der Waals surface area contributed by atoms with Crippen LogP contribution in [-0.2, 0) is 12.8 Å². The van der Waals surface area contributed by atoms with E-state index in [4.69, 9.17) is 0 Å². The molecule has 0 unspecified atom stereocenters. The molecule has 0 heteroatoms. The van der Waals surface area contributed by atoms with E-state index in [1.165, 1.54) is 80.0 Å². The van der Waals surface area contributed by atoms with Crippen LogP contribution in [0.5, 0.6) is 0 Å². The zero-order chi connectivity index (χ0) is 20.6. The molecule has 0 aromatic heterocycles. The molecule has 0 radical (unpaired) electrons. The fourth-order valence-corrected chi connectivity index (χ4v) is 3.30. The summed E-state index contributed by atoms with van der Waals surface area (Å²) in [5, 5.41) is 0. The second-order valence-electron chi connectivity index (χ2n) is 7.71. The second kappa shape index (κ2) is 14.5. The summed E-state index contributed by atoms with van der Waals surface area (Å²) in [6.45, 7) is 4.50. The van der Waals surface area contributed by atoms with E-state index < -0.39 is 0 Å². The summed E-state index contributed by atoms with van der Waals surface area (Å²) in [5.41, 5.74) is 5.27. The van der Waals surface area contributed by atoms with Crippen LogP contribution in [0.1, 0.15) is 81.0 Å². The lowest BCUT2D eigenvalue weighted by Crippen LogP contribution is -1.85. The van der Waals surface area contributed by atoms with E-state index in [-0.39, 0.29) is 0 Å². The Hall–Kier alpha value is -2.52. The summed E-state index contributed by atoms with van der Waals surface area (Å²) in [7, 11) is 0. The van der Waals surface area contributed by atoms with Gasteiger partial charge in [0.05, 0.1) is 0 Å². The molecule has 2 aromatic carbocycles. The van der Waals surface area contributed by atoms with Gasteiger partial charge in [-0.25, -0.2) is 0 Å². The van der Waals surface area contributed by atoms with Crippen molar-refractivity contribution in [2.45, 2.75) is 71.6 Å². The molecule has 0 amide bonds. The summed E-state index contributed by atoms with van der Waals surface area (Å²) in [6, 6.07) is 17.7. The predicted octanol–water partition coefficient (Wildman–Crippen LogP) is 8.27. The largest absolute Gasteiger partial charge is 0.0702 e. The van der Waals surface area contributed by atoms with Crippen molar-refractivity contribution in [3.8, 4) is 11.8 Å². The van der Waals surface area contributed by atoms with Crippen molar-refractivity contribution in [2.75, 3.05) is 0 Å². The molecule has 0 aliphatic rings. The van der Waals surface area contributed by atoms with Crippen molar-refractivity contribution in [2.24, 2.45) is 0 Å². The first-order chi connectivity index (χ1) is 14.3. The maximum atomic E-state index is 3.10. The lowest BCUT2D eigenvalue weighted by atomic mass is 10.0. The van der Waals surface area contributed by atoms with Gasteiger partial charge in [0.1, 0.15) is 0 Å². The Morgan fingerprint density at radius 3 is 1.41 bits per heavy atom. The summed E-state index contributed by atoms with van der Waals surface area (Å²) < 4.78 is 0. The van der Waals surface area contributed by atoms with Crippen LogP contribution in [0, 0.1) is 11.8 Å². The predicted molar refractivity (Wildman–Crippen MR) is 130 cm³/mol. The Balaban J connectivity index is 1.75. The summed E-state index contributed by atoms with van der Waals surface area (Å²) >= 11 is 0. The highest BCUT2D eigenvalue weighted by molar-refractivity contribution is 5.56. The van der Waals surface area contributed by atoms with Gasteiger partial charge in [-0.15, -0.1) is 0 Å². The summed E-state index contributed by atoms with van der Waals surface area (Å²) in [5.74, 6) is 6.19. The Kier molecular flexibility index (Phi) is 11.4. The van der Waals surface area contributed by atoms with Crippen LogP contribution in [0.4, 0.5) is 0 Å². The Bertz CT molecular complexity index is 792. The van der Waals surface area contributed by atoms with Crippen LogP contribution >= 0.6 is 0 Å². The molecule has 0 N–H and O–H groups in total. The molecular weight excluding hydrogens is 348 g/mol. The minimum atomic E-state index is 1.18. The highest BCUT2D eigenvalue weighted by Gasteiger charge is 1.94. The van der Waals surface area contributed by atoms with Crippen LogP contribution in [-0.4, -0.2) is 0 Å². The Morgan fingerprint density at radius 2 is 0.966 bits per heavy atom. The third kappa shape index (κ3) is 10.00. The first-order valence-corrected chi connectivity index (χ1v) is 11.3. The van der Waals surface area contributed by atoms with E-state index in [9.17, 15) is 0 Å². The van der Waals surface area contributed by atoms with Crippen LogP contribution in [0.25, 0.3) is 12.2 Å². The molecule has 0 saturated carbocycles. The Morgan fingerprint density at radius 1 is 0.552 bits per heavy atom. The minimum Gasteiger partial charge on any atom is -0.0702 e. The van der Waals surface area contributed by atoms with Crippen molar-refractivity contribution >= 4 is 12.2 Å². The molecule has 2 rings (SSSR count). The lowest BCUT2D eigenvalue weighted by molar-refractivity contribution is 0.667. The number of benzene rings is 2. The van der Waals surface area contributed by atoms with E-state index in [0.717, 1.165) is 0 Å². The van der Waals surface area contributed by atoms with Gasteiger partial charge < -0.3 is 0 Å². The molecule has 0 spiro atoms. The monoisotopic (exact) mass is 384 g/mol. The maximum absolute atomic E-state index is 3.10. The molecule has 0 nitrogen and oxygen atoms in total. The molecule has 0 atom stereocenters. The van der Waals surface area contributed by atoms with E-state index in [2.05, 4.69) is 86.4 Å². The topological polar surface area (TPSA) is 0 Å². The summed E-state index contributed by atoms with van der Waals surface area (Å²) in [6.07, 6.45) is 19.5. The number of aryl methyl sites for hydroxylation is 2. The molecule has 0 aliphatic carbocycles. The fourth-order valence-electron chi connectivity index (χ4n) is 3.30. The van der Waals surface area contributed by atoms with Crippen molar-refractivity contribution < 1.29 is 0 Å². The van der Waals surface area contributed by atoms with Gasteiger partial charge in [-0.2, -0.15) is 0 Å². The van der Waals surface area contributed by atoms with Crippen LogP contribution in [0.15, 0.2) is 60.7 Å². The van der Waals surface area contributed by atoms with Gasteiger partial charge in [0.25, 0.3) is 0 Å². The van der Waals surface area contributed by atoms with Gasteiger partial charge in [0.2, 0.25) is 0 Å². The van der Waals surface area contributed by atoms with E-state index in [1.54, 1.807) is 0 Å². The highest BCUT2D eigenvalue weighted by atomic mass is 14.0. The Labute approximate surface area is 178 Å². The van der Waals surface area contributed by atoms with Crippen LogP contribution in [0.3, 0.4) is 0 Å². The molecule has 29 heavy (non-hydrogen) atoms. The first kappa shape index (κ1) is 22.8. The van der Waals surface area contributed by atoms with Gasteiger partial charge in [0.15, 0.2) is 0 Å². The maximum Gasteiger partial charge on any atom is -0.0109 e. The normalized spacial score (nSPS) is 11.1. The van der Waals surface area contributed by atoms with Crippen LogP contribution < -0.4 is 0 Å². The van der Waals surface area contributed by atoms with Crippen molar-refractivity contribution in [3.63, 3.8) is 0 Å². The highest BCUT2D eigenvalue weighted by Crippen LogP contribution is 2.11. The van der Waals surface area contributed by atoms with Gasteiger partial charge in [-0.1, -0.05) is 106 Å². The zero-order valence-electron chi connectivity index (χ0n) is 18.3. The number of allylic oxidation sites excluding steroid dienone is 2. The van der Waals surface area contributed by atoms with E-state index >= 15 is 0 Å². The van der Waals surface area contributed by atoms with Crippen molar-refractivity contribution in [3.05, 3.63) is 82.9 Å². The molecule has 0 aliphatic heterocycles. The van der Waals surface area contributed by atoms with Crippen molar-refractivity contribution in [1.82, 2.24) is 0 Å². The molecule has 0 saturated heterocycles. The second-order valence-corrected chi connectivity index (χ2v) is 7.71. The molecule has 2 aromatic rings. The van der Waals surface area contributed by atoms with Gasteiger partial charge in [-0.3, -0.25) is 0 Å². The number of rotatable bonds is 11. The lowest BCUT2D eigenvalue weighted by Gasteiger charge is -2.01. The van der Waals surface area contributed by atoms with Crippen molar-refractivity contribution in [1.29, 1.82) is 0 Å². The number of unbranched alkanes of at least 4 members (excludes halogenated alkanes) is 5. The molecule has 152 valence electrons. The first-order valence-electron chi connectivity index (χ1n) is 11.3. The number of hydrogen-bond donors (Lipinski definition) is 0. The summed E-state index contributed by atoms with van der Waals surface area (Å²) in [4.78, 5) is 0. The average molecular weight is 385 g/mol. The van der Waals surface area contributed by atoms with E-state index in [1.807, 2.05) is 12.2 Å². The SMILES string of the molecule is CCCCCCc1ccc(/C=C/C#C/C=C/c2ccc(CCCCC)cc2)cc1. The molecule has 0 bridgehead atoms.